The molecular weight excluding hydrogens is 308 g/mol. The number of rotatable bonds is 4. The standard InChI is InChI=1S/C17H26N4O3/c1-17(2,3)24-16(23)19-13-8-6-7-12(11-13)15(22)21-20-14-9-4-5-10-18-14/h4-5,9-10,12-13H,6-8,11H2,1-3H3,(H,18,20)(H,19,23)(H,21,22)/t12-,13+/m0/s1. The lowest BCUT2D eigenvalue weighted by molar-refractivity contribution is -0.125. The summed E-state index contributed by atoms with van der Waals surface area (Å²) in [6.45, 7) is 5.48. The number of carbonyl (C=O) groups excluding carboxylic acids is 2. The minimum absolute atomic E-state index is 0.0424. The van der Waals surface area contributed by atoms with Gasteiger partial charge >= 0.3 is 6.09 Å². The van der Waals surface area contributed by atoms with E-state index in [1.54, 1.807) is 18.3 Å². The molecule has 0 unspecified atom stereocenters. The van der Waals surface area contributed by atoms with Gasteiger partial charge in [0.1, 0.15) is 11.4 Å². The predicted molar refractivity (Wildman–Crippen MR) is 91.1 cm³/mol. The molecule has 1 heterocycles. The summed E-state index contributed by atoms with van der Waals surface area (Å²) in [5.74, 6) is 0.358. The Morgan fingerprint density at radius 2 is 2.04 bits per heavy atom. The van der Waals surface area contributed by atoms with E-state index in [9.17, 15) is 9.59 Å². The van der Waals surface area contributed by atoms with Crippen LogP contribution in [0.25, 0.3) is 0 Å². The highest BCUT2D eigenvalue weighted by Crippen LogP contribution is 2.25. The van der Waals surface area contributed by atoms with Gasteiger partial charge < -0.3 is 10.1 Å². The Labute approximate surface area is 142 Å². The number of nitrogens with zero attached hydrogens (tertiary/aromatic N) is 1. The van der Waals surface area contributed by atoms with Crippen molar-refractivity contribution in [2.45, 2.75) is 58.1 Å². The summed E-state index contributed by atoms with van der Waals surface area (Å²) in [5.41, 5.74) is 4.97. The molecule has 0 bridgehead atoms. The second kappa shape index (κ2) is 7.99. The highest BCUT2D eigenvalue weighted by molar-refractivity contribution is 5.80. The summed E-state index contributed by atoms with van der Waals surface area (Å²) in [4.78, 5) is 28.2. The summed E-state index contributed by atoms with van der Waals surface area (Å²) in [6, 6.07) is 5.37. The summed E-state index contributed by atoms with van der Waals surface area (Å²) in [7, 11) is 0. The fourth-order valence-electron chi connectivity index (χ4n) is 2.70. The third kappa shape index (κ3) is 6.06. The Morgan fingerprint density at radius 3 is 2.71 bits per heavy atom. The molecule has 1 aliphatic rings. The van der Waals surface area contributed by atoms with Crippen molar-refractivity contribution in [1.29, 1.82) is 0 Å². The summed E-state index contributed by atoms with van der Waals surface area (Å²) in [5, 5.41) is 2.86. The number of carbonyl (C=O) groups is 2. The van der Waals surface area contributed by atoms with Gasteiger partial charge in [-0.2, -0.15) is 0 Å². The lowest BCUT2D eigenvalue weighted by Crippen LogP contribution is -2.45. The molecule has 132 valence electrons. The van der Waals surface area contributed by atoms with E-state index in [1.165, 1.54) is 0 Å². The first-order chi connectivity index (χ1) is 11.3. The molecule has 1 saturated carbocycles. The number of nitrogens with one attached hydrogen (secondary N) is 3. The van der Waals surface area contributed by atoms with Gasteiger partial charge in [0.15, 0.2) is 0 Å². The van der Waals surface area contributed by atoms with Crippen molar-refractivity contribution in [3.05, 3.63) is 24.4 Å². The predicted octanol–water partition coefficient (Wildman–Crippen LogP) is 2.61. The molecule has 3 N–H and O–H groups in total. The molecule has 0 aromatic carbocycles. The number of hydrogen-bond donors (Lipinski definition) is 3. The van der Waals surface area contributed by atoms with Crippen LogP contribution >= 0.6 is 0 Å². The zero-order chi connectivity index (χ0) is 17.6. The lowest BCUT2D eigenvalue weighted by atomic mass is 9.85. The van der Waals surface area contributed by atoms with Crippen LogP contribution in [0.2, 0.25) is 0 Å². The smallest absolute Gasteiger partial charge is 0.407 e. The molecule has 0 radical (unpaired) electrons. The van der Waals surface area contributed by atoms with Crippen LogP contribution in [0, 0.1) is 5.92 Å². The minimum Gasteiger partial charge on any atom is -0.444 e. The monoisotopic (exact) mass is 334 g/mol. The zero-order valence-electron chi connectivity index (χ0n) is 14.5. The first kappa shape index (κ1) is 18.0. The van der Waals surface area contributed by atoms with Gasteiger partial charge in [-0.3, -0.25) is 15.6 Å². The van der Waals surface area contributed by atoms with E-state index < -0.39 is 11.7 Å². The first-order valence-corrected chi connectivity index (χ1v) is 8.30. The molecule has 7 nitrogen and oxygen atoms in total. The van der Waals surface area contributed by atoms with Crippen LogP contribution in [-0.4, -0.2) is 28.6 Å². The van der Waals surface area contributed by atoms with Crippen LogP contribution < -0.4 is 16.2 Å². The van der Waals surface area contributed by atoms with Crippen molar-refractivity contribution in [3.8, 4) is 0 Å². The van der Waals surface area contributed by atoms with E-state index >= 15 is 0 Å². The molecule has 0 spiro atoms. The summed E-state index contributed by atoms with van der Waals surface area (Å²) in [6.07, 6.45) is 4.38. The van der Waals surface area contributed by atoms with Crippen LogP contribution in [0.3, 0.4) is 0 Å². The quantitative estimate of drug-likeness (QED) is 0.736. The maximum Gasteiger partial charge on any atom is 0.407 e. The van der Waals surface area contributed by atoms with Crippen LogP contribution in [0.1, 0.15) is 46.5 Å². The Balaban J connectivity index is 1.79. The molecule has 7 heteroatoms. The highest BCUT2D eigenvalue weighted by Gasteiger charge is 2.29. The normalized spacial score (nSPS) is 20.8. The molecule has 0 saturated heterocycles. The fraction of sp³-hybridized carbons (Fsp3) is 0.588. The van der Waals surface area contributed by atoms with Gasteiger partial charge in [0.25, 0.3) is 0 Å². The van der Waals surface area contributed by atoms with E-state index in [0.29, 0.717) is 12.2 Å². The van der Waals surface area contributed by atoms with Gasteiger partial charge in [-0.1, -0.05) is 12.5 Å². The minimum atomic E-state index is -0.526. The lowest BCUT2D eigenvalue weighted by Gasteiger charge is -2.30. The number of amides is 2. The van der Waals surface area contributed by atoms with Gasteiger partial charge in [-0.15, -0.1) is 0 Å². The molecular formula is C17H26N4O3. The molecule has 2 amide bonds. The van der Waals surface area contributed by atoms with Gasteiger partial charge in [-0.25, -0.2) is 9.78 Å². The largest absolute Gasteiger partial charge is 0.444 e. The van der Waals surface area contributed by atoms with Crippen LogP contribution in [0.15, 0.2) is 24.4 Å². The molecule has 0 aliphatic heterocycles. The van der Waals surface area contributed by atoms with E-state index in [2.05, 4.69) is 21.2 Å². The molecule has 2 atom stereocenters. The van der Waals surface area contributed by atoms with E-state index in [4.69, 9.17) is 4.74 Å². The van der Waals surface area contributed by atoms with Crippen molar-refractivity contribution in [3.63, 3.8) is 0 Å². The van der Waals surface area contributed by atoms with Crippen LogP contribution in [0.5, 0.6) is 0 Å². The number of anilines is 1. The van der Waals surface area contributed by atoms with Gasteiger partial charge in [-0.05, 0) is 52.2 Å². The van der Waals surface area contributed by atoms with Crippen molar-refractivity contribution in [1.82, 2.24) is 15.7 Å². The Bertz CT molecular complexity index is 557. The van der Waals surface area contributed by atoms with Crippen molar-refractivity contribution < 1.29 is 14.3 Å². The number of aromatic nitrogens is 1. The summed E-state index contributed by atoms with van der Waals surface area (Å²) < 4.78 is 5.27. The second-order valence-corrected chi connectivity index (χ2v) is 7.04. The molecule has 2 rings (SSSR count). The number of hydrazine groups is 1. The summed E-state index contributed by atoms with van der Waals surface area (Å²) >= 11 is 0. The fourth-order valence-corrected chi connectivity index (χ4v) is 2.70. The van der Waals surface area contributed by atoms with Crippen molar-refractivity contribution in [2.24, 2.45) is 5.92 Å². The topological polar surface area (TPSA) is 92.3 Å². The first-order valence-electron chi connectivity index (χ1n) is 8.30. The molecule has 1 aliphatic carbocycles. The Hall–Kier alpha value is -2.31. The second-order valence-electron chi connectivity index (χ2n) is 7.04. The zero-order valence-corrected chi connectivity index (χ0v) is 14.5. The Kier molecular flexibility index (Phi) is 6.00. The maximum absolute atomic E-state index is 12.3. The number of pyridine rings is 1. The maximum atomic E-state index is 12.3. The molecule has 1 aromatic heterocycles. The third-order valence-electron chi connectivity index (χ3n) is 3.74. The average Bonchev–Trinajstić information content (AvgIpc) is 2.52. The average molecular weight is 334 g/mol. The Morgan fingerprint density at radius 1 is 1.25 bits per heavy atom. The van der Waals surface area contributed by atoms with E-state index in [0.717, 1.165) is 19.3 Å². The number of ether oxygens (including phenoxy) is 1. The van der Waals surface area contributed by atoms with Crippen molar-refractivity contribution in [2.75, 3.05) is 5.43 Å². The van der Waals surface area contributed by atoms with E-state index in [-0.39, 0.29) is 17.9 Å². The van der Waals surface area contributed by atoms with E-state index in [1.807, 2.05) is 26.8 Å². The van der Waals surface area contributed by atoms with Crippen molar-refractivity contribution >= 4 is 17.8 Å². The van der Waals surface area contributed by atoms with Crippen LogP contribution in [-0.2, 0) is 9.53 Å². The highest BCUT2D eigenvalue weighted by atomic mass is 16.6. The molecule has 1 aromatic rings. The molecule has 1 fully saturated rings. The number of alkyl carbamates (subject to hydrolysis) is 1. The SMILES string of the molecule is CC(C)(C)OC(=O)N[C@@H]1CCC[C@H](C(=O)NNc2ccccn2)C1. The third-order valence-corrected chi connectivity index (χ3v) is 3.74. The van der Waals surface area contributed by atoms with Gasteiger partial charge in [0.05, 0.1) is 0 Å². The number of hydrogen-bond acceptors (Lipinski definition) is 5. The van der Waals surface area contributed by atoms with Gasteiger partial charge in [0.2, 0.25) is 5.91 Å². The van der Waals surface area contributed by atoms with Gasteiger partial charge in [0, 0.05) is 18.2 Å². The van der Waals surface area contributed by atoms with Crippen LogP contribution in [0.4, 0.5) is 10.6 Å². The molecule has 24 heavy (non-hydrogen) atoms.